The van der Waals surface area contributed by atoms with Gasteiger partial charge in [0.25, 0.3) is 0 Å². The second-order valence-electron chi connectivity index (χ2n) is 6.68. The summed E-state index contributed by atoms with van der Waals surface area (Å²) in [5.41, 5.74) is 1.34. The lowest BCUT2D eigenvalue weighted by Gasteiger charge is -2.18. The third-order valence-electron chi connectivity index (χ3n) is 5.01. The third kappa shape index (κ3) is 3.43. The van der Waals surface area contributed by atoms with Crippen LogP contribution in [-0.2, 0) is 6.54 Å². The molecule has 1 aliphatic carbocycles. The third-order valence-corrected chi connectivity index (χ3v) is 6.17. The molecule has 0 bridgehead atoms. The van der Waals surface area contributed by atoms with Crippen molar-refractivity contribution in [2.45, 2.75) is 50.5 Å². The highest BCUT2D eigenvalue weighted by Crippen LogP contribution is 2.35. The van der Waals surface area contributed by atoms with Gasteiger partial charge in [-0.2, -0.15) is 0 Å². The van der Waals surface area contributed by atoms with Gasteiger partial charge < -0.3 is 10.1 Å². The Morgan fingerprint density at radius 2 is 2.04 bits per heavy atom. The van der Waals surface area contributed by atoms with Crippen molar-refractivity contribution < 1.29 is 4.74 Å². The molecular formula is C19H24N2OS. The number of ether oxygens (including phenoxy) is 1. The van der Waals surface area contributed by atoms with E-state index < -0.39 is 0 Å². The van der Waals surface area contributed by atoms with E-state index in [-0.39, 0.29) is 0 Å². The second kappa shape index (κ2) is 7.02. The van der Waals surface area contributed by atoms with Crippen LogP contribution in [0.5, 0.6) is 5.75 Å². The molecule has 2 aliphatic rings. The number of fused-ring (bicyclic) bond motifs is 1. The fourth-order valence-corrected chi connectivity index (χ4v) is 4.77. The van der Waals surface area contributed by atoms with Crippen LogP contribution in [0.1, 0.15) is 59.4 Å². The number of para-hydroxylation sites is 1. The molecule has 0 amide bonds. The van der Waals surface area contributed by atoms with Crippen LogP contribution >= 0.6 is 11.3 Å². The lowest BCUT2D eigenvalue weighted by atomic mass is 9.90. The average molecular weight is 328 g/mol. The van der Waals surface area contributed by atoms with Crippen LogP contribution in [0.25, 0.3) is 0 Å². The first-order chi connectivity index (χ1) is 11.4. The van der Waals surface area contributed by atoms with Gasteiger partial charge >= 0.3 is 0 Å². The van der Waals surface area contributed by atoms with Gasteiger partial charge in [0.05, 0.1) is 11.6 Å². The predicted molar refractivity (Wildman–Crippen MR) is 94.3 cm³/mol. The van der Waals surface area contributed by atoms with Crippen molar-refractivity contribution in [2.24, 2.45) is 0 Å². The maximum Gasteiger partial charge on any atom is 0.122 e. The van der Waals surface area contributed by atoms with E-state index >= 15 is 0 Å². The molecule has 1 aromatic heterocycles. The van der Waals surface area contributed by atoms with Crippen LogP contribution in [0, 0.1) is 0 Å². The molecule has 0 saturated heterocycles. The summed E-state index contributed by atoms with van der Waals surface area (Å²) >= 11 is 1.90. The maximum absolute atomic E-state index is 5.75. The summed E-state index contributed by atoms with van der Waals surface area (Å²) in [7, 11) is 0. The number of benzene rings is 1. The summed E-state index contributed by atoms with van der Waals surface area (Å²) in [6, 6.07) is 8.39. The number of aromatic nitrogens is 1. The largest absolute Gasteiger partial charge is 0.493 e. The second-order valence-corrected chi connectivity index (χ2v) is 7.82. The highest BCUT2D eigenvalue weighted by molar-refractivity contribution is 7.11. The fraction of sp³-hybridized carbons (Fsp3) is 0.526. The van der Waals surface area contributed by atoms with E-state index in [1.165, 1.54) is 47.6 Å². The van der Waals surface area contributed by atoms with E-state index in [0.29, 0.717) is 5.92 Å². The Bertz CT molecular complexity index is 648. The van der Waals surface area contributed by atoms with Gasteiger partial charge in [-0.1, -0.05) is 37.5 Å². The minimum atomic E-state index is 0.469. The summed E-state index contributed by atoms with van der Waals surface area (Å²) in [5, 5.41) is 4.95. The molecule has 4 heteroatoms. The Labute approximate surface area is 142 Å². The molecule has 1 aliphatic heterocycles. The lowest BCUT2D eigenvalue weighted by Crippen LogP contribution is -2.21. The van der Waals surface area contributed by atoms with Crippen LogP contribution in [0.3, 0.4) is 0 Å². The Hall–Kier alpha value is -1.39. The first kappa shape index (κ1) is 15.2. The quantitative estimate of drug-likeness (QED) is 0.880. The summed E-state index contributed by atoms with van der Waals surface area (Å²) < 4.78 is 5.75. The fourth-order valence-electron chi connectivity index (χ4n) is 3.71. The Morgan fingerprint density at radius 1 is 1.17 bits per heavy atom. The standard InChI is InChI=1S/C19H24N2OS/c1-2-6-14(7-3-1)19-21-12-16(23-19)11-20-10-15-13-22-18-9-5-4-8-17(15)18/h4-5,8-9,12,14-15,20H,1-3,6-7,10-11,13H2. The van der Waals surface area contributed by atoms with Gasteiger partial charge in [-0.05, 0) is 18.9 Å². The van der Waals surface area contributed by atoms with Gasteiger partial charge in [-0.15, -0.1) is 11.3 Å². The number of hydrogen-bond donors (Lipinski definition) is 1. The van der Waals surface area contributed by atoms with Crippen LogP contribution in [-0.4, -0.2) is 18.1 Å². The Kier molecular flexibility index (Phi) is 4.62. The van der Waals surface area contributed by atoms with E-state index in [9.17, 15) is 0 Å². The molecule has 1 atom stereocenters. The summed E-state index contributed by atoms with van der Waals surface area (Å²) in [4.78, 5) is 6.04. The van der Waals surface area contributed by atoms with Gasteiger partial charge in [0.1, 0.15) is 5.75 Å². The van der Waals surface area contributed by atoms with Crippen molar-refractivity contribution in [3.8, 4) is 5.75 Å². The molecule has 2 heterocycles. The molecular weight excluding hydrogens is 304 g/mol. The number of nitrogens with zero attached hydrogens (tertiary/aromatic N) is 1. The molecule has 1 saturated carbocycles. The molecule has 23 heavy (non-hydrogen) atoms. The SMILES string of the molecule is c1ccc2c(c1)OCC2CNCc1cnc(C2CCCCC2)s1. The average Bonchev–Trinajstić information content (AvgIpc) is 3.23. The molecule has 0 spiro atoms. The van der Waals surface area contributed by atoms with E-state index in [4.69, 9.17) is 4.74 Å². The summed E-state index contributed by atoms with van der Waals surface area (Å²) in [6.07, 6.45) is 8.88. The van der Waals surface area contributed by atoms with E-state index in [1.807, 2.05) is 17.4 Å². The van der Waals surface area contributed by atoms with Gasteiger partial charge in [-0.3, -0.25) is 0 Å². The van der Waals surface area contributed by atoms with Crippen molar-refractivity contribution in [3.05, 3.63) is 45.9 Å². The first-order valence-electron chi connectivity index (χ1n) is 8.77. The molecule has 0 radical (unpaired) electrons. The van der Waals surface area contributed by atoms with E-state index in [2.05, 4.69) is 34.7 Å². The molecule has 4 rings (SSSR count). The van der Waals surface area contributed by atoms with Crippen molar-refractivity contribution in [2.75, 3.05) is 13.2 Å². The Morgan fingerprint density at radius 3 is 2.96 bits per heavy atom. The minimum Gasteiger partial charge on any atom is -0.493 e. The van der Waals surface area contributed by atoms with Gasteiger partial charge in [-0.25, -0.2) is 4.98 Å². The Balaban J connectivity index is 1.29. The normalized spacial score (nSPS) is 21.1. The zero-order chi connectivity index (χ0) is 15.5. The highest BCUT2D eigenvalue weighted by atomic mass is 32.1. The molecule has 1 aromatic carbocycles. The topological polar surface area (TPSA) is 34.1 Å². The van der Waals surface area contributed by atoms with Crippen molar-refractivity contribution in [1.82, 2.24) is 10.3 Å². The van der Waals surface area contributed by atoms with Crippen molar-refractivity contribution in [3.63, 3.8) is 0 Å². The summed E-state index contributed by atoms with van der Waals surface area (Å²) in [5.74, 6) is 2.24. The number of nitrogens with one attached hydrogen (secondary N) is 1. The number of rotatable bonds is 5. The zero-order valence-electron chi connectivity index (χ0n) is 13.5. The first-order valence-corrected chi connectivity index (χ1v) is 9.59. The smallest absolute Gasteiger partial charge is 0.122 e. The molecule has 3 nitrogen and oxygen atoms in total. The molecule has 1 unspecified atom stereocenters. The number of thiazole rings is 1. The zero-order valence-corrected chi connectivity index (χ0v) is 14.3. The van der Waals surface area contributed by atoms with E-state index in [0.717, 1.165) is 31.4 Å². The van der Waals surface area contributed by atoms with Crippen LogP contribution < -0.4 is 10.1 Å². The van der Waals surface area contributed by atoms with Crippen LogP contribution in [0.2, 0.25) is 0 Å². The molecule has 122 valence electrons. The minimum absolute atomic E-state index is 0.469. The summed E-state index contributed by atoms with van der Waals surface area (Å²) in [6.45, 7) is 2.68. The molecule has 2 aromatic rings. The highest BCUT2D eigenvalue weighted by Gasteiger charge is 2.23. The van der Waals surface area contributed by atoms with Gasteiger partial charge in [0, 0.05) is 41.6 Å². The van der Waals surface area contributed by atoms with Crippen molar-refractivity contribution in [1.29, 1.82) is 0 Å². The maximum atomic E-state index is 5.75. The van der Waals surface area contributed by atoms with Crippen LogP contribution in [0.15, 0.2) is 30.5 Å². The van der Waals surface area contributed by atoms with Crippen LogP contribution in [0.4, 0.5) is 0 Å². The van der Waals surface area contributed by atoms with Gasteiger partial charge in [0.2, 0.25) is 0 Å². The van der Waals surface area contributed by atoms with E-state index in [1.54, 1.807) is 0 Å². The predicted octanol–water partition coefficient (Wildman–Crippen LogP) is 4.46. The van der Waals surface area contributed by atoms with Gasteiger partial charge in [0.15, 0.2) is 0 Å². The number of hydrogen-bond acceptors (Lipinski definition) is 4. The van der Waals surface area contributed by atoms with Crippen molar-refractivity contribution >= 4 is 11.3 Å². The monoisotopic (exact) mass is 328 g/mol. The lowest BCUT2D eigenvalue weighted by molar-refractivity contribution is 0.326. The molecule has 1 fully saturated rings. The molecule has 1 N–H and O–H groups in total.